The fraction of sp³-hybridized carbons (Fsp3) is 0.136. The number of carbonyl (C=O) groups is 1. The van der Waals surface area contributed by atoms with Crippen LogP contribution in [0.25, 0.3) is 0 Å². The lowest BCUT2D eigenvalue weighted by molar-refractivity contribution is 0.102. The van der Waals surface area contributed by atoms with Crippen LogP contribution >= 0.6 is 0 Å². The Morgan fingerprint density at radius 2 is 1.43 bits per heavy atom. The maximum atomic E-state index is 12.7. The van der Waals surface area contributed by atoms with E-state index < -0.39 is 10.0 Å². The molecule has 0 bridgehead atoms. The minimum absolute atomic E-state index is 0.0298. The highest BCUT2D eigenvalue weighted by atomic mass is 32.2. The SMILES string of the molecule is Cc1ccc(NS(=O)(=O)c2cccc(C(=O)Nc3c(C)cccc3C)c2)cc1. The number of anilines is 2. The highest BCUT2D eigenvalue weighted by Gasteiger charge is 2.17. The van der Waals surface area contributed by atoms with E-state index in [-0.39, 0.29) is 16.4 Å². The van der Waals surface area contributed by atoms with E-state index in [0.717, 1.165) is 22.4 Å². The monoisotopic (exact) mass is 394 g/mol. The standard InChI is InChI=1S/C22H22N2O3S/c1-15-10-12-19(13-11-15)24-28(26,27)20-9-5-8-18(14-20)22(25)23-21-16(2)6-4-7-17(21)3/h4-14,24H,1-3H3,(H,23,25). The molecule has 0 aliphatic rings. The summed E-state index contributed by atoms with van der Waals surface area (Å²) in [6, 6.07) is 18.8. The minimum Gasteiger partial charge on any atom is -0.322 e. The highest BCUT2D eigenvalue weighted by Crippen LogP contribution is 2.22. The van der Waals surface area contributed by atoms with Crippen LogP contribution in [0.5, 0.6) is 0 Å². The summed E-state index contributed by atoms with van der Waals surface area (Å²) in [6.45, 7) is 5.75. The van der Waals surface area contributed by atoms with Gasteiger partial charge >= 0.3 is 0 Å². The molecule has 3 rings (SSSR count). The van der Waals surface area contributed by atoms with Crippen LogP contribution in [0.4, 0.5) is 11.4 Å². The first kappa shape index (κ1) is 19.6. The molecule has 144 valence electrons. The predicted molar refractivity (Wildman–Crippen MR) is 112 cm³/mol. The van der Waals surface area contributed by atoms with Gasteiger partial charge in [0.15, 0.2) is 0 Å². The lowest BCUT2D eigenvalue weighted by Gasteiger charge is -2.13. The molecule has 0 unspecified atom stereocenters. The van der Waals surface area contributed by atoms with Gasteiger partial charge in [-0.05, 0) is 62.2 Å². The third-order valence-corrected chi connectivity index (χ3v) is 5.81. The Morgan fingerprint density at radius 3 is 2.07 bits per heavy atom. The van der Waals surface area contributed by atoms with Crippen molar-refractivity contribution in [1.29, 1.82) is 0 Å². The molecular formula is C22H22N2O3S. The molecule has 0 radical (unpaired) electrons. The van der Waals surface area contributed by atoms with Crippen molar-refractivity contribution in [2.45, 2.75) is 25.7 Å². The summed E-state index contributed by atoms with van der Waals surface area (Å²) in [5.41, 5.74) is 4.40. The summed E-state index contributed by atoms with van der Waals surface area (Å²) >= 11 is 0. The molecule has 0 fully saturated rings. The maximum Gasteiger partial charge on any atom is 0.261 e. The molecule has 0 heterocycles. The van der Waals surface area contributed by atoms with Crippen LogP contribution in [-0.2, 0) is 10.0 Å². The summed E-state index contributed by atoms with van der Waals surface area (Å²) in [4.78, 5) is 12.7. The number of carbonyl (C=O) groups excluding carboxylic acids is 1. The number of benzene rings is 3. The number of nitrogens with one attached hydrogen (secondary N) is 2. The van der Waals surface area contributed by atoms with Crippen molar-refractivity contribution in [1.82, 2.24) is 0 Å². The van der Waals surface area contributed by atoms with Gasteiger partial charge in [-0.3, -0.25) is 9.52 Å². The fourth-order valence-corrected chi connectivity index (χ4v) is 3.94. The van der Waals surface area contributed by atoms with Crippen LogP contribution in [0.2, 0.25) is 0 Å². The number of rotatable bonds is 5. The van der Waals surface area contributed by atoms with Gasteiger partial charge in [-0.2, -0.15) is 0 Å². The van der Waals surface area contributed by atoms with Crippen molar-refractivity contribution in [2.75, 3.05) is 10.0 Å². The van der Waals surface area contributed by atoms with Gasteiger partial charge in [0.05, 0.1) is 4.90 Å². The van der Waals surface area contributed by atoms with Crippen LogP contribution in [0.1, 0.15) is 27.0 Å². The van der Waals surface area contributed by atoms with Crippen LogP contribution in [-0.4, -0.2) is 14.3 Å². The van der Waals surface area contributed by atoms with Gasteiger partial charge < -0.3 is 5.32 Å². The van der Waals surface area contributed by atoms with Gasteiger partial charge in [0.2, 0.25) is 0 Å². The average Bonchev–Trinajstić information content (AvgIpc) is 2.66. The molecule has 1 amide bonds. The van der Waals surface area contributed by atoms with Crippen molar-refractivity contribution >= 4 is 27.3 Å². The largest absolute Gasteiger partial charge is 0.322 e. The second-order valence-corrected chi connectivity index (χ2v) is 8.40. The molecule has 3 aromatic carbocycles. The Balaban J connectivity index is 1.85. The van der Waals surface area contributed by atoms with Crippen molar-refractivity contribution < 1.29 is 13.2 Å². The third kappa shape index (κ3) is 4.40. The smallest absolute Gasteiger partial charge is 0.261 e. The zero-order chi connectivity index (χ0) is 20.3. The first-order chi connectivity index (χ1) is 13.3. The van der Waals surface area contributed by atoms with E-state index in [9.17, 15) is 13.2 Å². The van der Waals surface area contributed by atoms with Crippen molar-refractivity contribution in [3.63, 3.8) is 0 Å². The predicted octanol–water partition coefficient (Wildman–Crippen LogP) is 4.66. The topological polar surface area (TPSA) is 75.3 Å². The fourth-order valence-electron chi connectivity index (χ4n) is 2.84. The van der Waals surface area contributed by atoms with E-state index in [1.54, 1.807) is 24.3 Å². The Bertz CT molecular complexity index is 1100. The van der Waals surface area contributed by atoms with E-state index >= 15 is 0 Å². The summed E-state index contributed by atoms with van der Waals surface area (Å²) < 4.78 is 27.9. The second kappa shape index (κ2) is 7.86. The Labute approximate surface area is 165 Å². The summed E-state index contributed by atoms with van der Waals surface area (Å²) in [5, 5.41) is 2.88. The van der Waals surface area contributed by atoms with Gasteiger partial charge in [-0.15, -0.1) is 0 Å². The van der Waals surface area contributed by atoms with E-state index in [4.69, 9.17) is 0 Å². The highest BCUT2D eigenvalue weighted by molar-refractivity contribution is 7.92. The molecule has 3 aromatic rings. The summed E-state index contributed by atoms with van der Waals surface area (Å²) in [6.07, 6.45) is 0. The lowest BCUT2D eigenvalue weighted by atomic mass is 10.1. The lowest BCUT2D eigenvalue weighted by Crippen LogP contribution is -2.16. The molecule has 6 heteroatoms. The molecule has 5 nitrogen and oxygen atoms in total. The molecule has 0 saturated heterocycles. The molecule has 0 atom stereocenters. The van der Waals surface area contributed by atoms with Gasteiger partial charge in [-0.25, -0.2) is 8.42 Å². The zero-order valence-corrected chi connectivity index (χ0v) is 16.8. The van der Waals surface area contributed by atoms with Crippen molar-refractivity contribution in [3.05, 3.63) is 89.0 Å². The number of sulfonamides is 1. The molecule has 0 aromatic heterocycles. The van der Waals surface area contributed by atoms with Crippen molar-refractivity contribution in [2.24, 2.45) is 0 Å². The van der Waals surface area contributed by atoms with Crippen LogP contribution in [0.3, 0.4) is 0 Å². The quantitative estimate of drug-likeness (QED) is 0.661. The zero-order valence-electron chi connectivity index (χ0n) is 16.0. The number of hydrogen-bond acceptors (Lipinski definition) is 3. The van der Waals surface area contributed by atoms with Crippen molar-refractivity contribution in [3.8, 4) is 0 Å². The first-order valence-corrected chi connectivity index (χ1v) is 10.3. The molecule has 28 heavy (non-hydrogen) atoms. The van der Waals surface area contributed by atoms with E-state index in [2.05, 4.69) is 10.0 Å². The third-order valence-electron chi connectivity index (χ3n) is 4.43. The molecule has 0 aliphatic heterocycles. The van der Waals surface area contributed by atoms with Crippen LogP contribution in [0, 0.1) is 20.8 Å². The summed E-state index contributed by atoms with van der Waals surface area (Å²) in [7, 11) is -3.80. The summed E-state index contributed by atoms with van der Waals surface area (Å²) in [5.74, 6) is -0.357. The number of aryl methyl sites for hydroxylation is 3. The Hall–Kier alpha value is -3.12. The molecule has 0 spiro atoms. The average molecular weight is 394 g/mol. The van der Waals surface area contributed by atoms with Gasteiger partial charge in [0, 0.05) is 16.9 Å². The Morgan fingerprint density at radius 1 is 0.821 bits per heavy atom. The van der Waals surface area contributed by atoms with Crippen LogP contribution in [0.15, 0.2) is 71.6 Å². The molecule has 2 N–H and O–H groups in total. The second-order valence-electron chi connectivity index (χ2n) is 6.72. The van der Waals surface area contributed by atoms with E-state index in [1.165, 1.54) is 12.1 Å². The first-order valence-electron chi connectivity index (χ1n) is 8.83. The van der Waals surface area contributed by atoms with Gasteiger partial charge in [0.25, 0.3) is 15.9 Å². The van der Waals surface area contributed by atoms with E-state index in [1.807, 2.05) is 51.1 Å². The van der Waals surface area contributed by atoms with Gasteiger partial charge in [0.1, 0.15) is 0 Å². The normalized spacial score (nSPS) is 11.1. The molecule has 0 saturated carbocycles. The number of hydrogen-bond donors (Lipinski definition) is 2. The minimum atomic E-state index is -3.80. The Kier molecular flexibility index (Phi) is 5.51. The van der Waals surface area contributed by atoms with E-state index in [0.29, 0.717) is 5.69 Å². The number of para-hydroxylation sites is 1. The number of amides is 1. The molecular weight excluding hydrogens is 372 g/mol. The maximum absolute atomic E-state index is 12.7. The molecule has 0 aliphatic carbocycles. The van der Waals surface area contributed by atoms with Gasteiger partial charge in [-0.1, -0.05) is 42.0 Å². The van der Waals surface area contributed by atoms with Crippen LogP contribution < -0.4 is 10.0 Å².